The van der Waals surface area contributed by atoms with Crippen LogP contribution in [0.4, 0.5) is 0 Å². The van der Waals surface area contributed by atoms with E-state index in [9.17, 15) is 0 Å². The van der Waals surface area contributed by atoms with E-state index in [0.717, 1.165) is 0 Å². The maximum absolute atomic E-state index is 6.41. The van der Waals surface area contributed by atoms with Gasteiger partial charge in [-0.05, 0) is 0 Å². The normalized spacial score (nSPS) is 18.8. The van der Waals surface area contributed by atoms with Gasteiger partial charge in [0.05, 0.1) is 0 Å². The summed E-state index contributed by atoms with van der Waals surface area (Å²) in [5.41, 5.74) is 0. The minimum absolute atomic E-state index is 0.0715. The Morgan fingerprint density at radius 1 is 0.750 bits per heavy atom. The van der Waals surface area contributed by atoms with Crippen LogP contribution in [0.1, 0.15) is 41.5 Å². The molecule has 0 nitrogen and oxygen atoms in total. The van der Waals surface area contributed by atoms with Crippen molar-refractivity contribution >= 4 is 31.3 Å². The molecule has 0 fully saturated rings. The van der Waals surface area contributed by atoms with Crippen molar-refractivity contribution in [1.29, 1.82) is 0 Å². The Kier molecular flexibility index (Phi) is 2.91. The smallest absolute Gasteiger partial charge is 0.0190 e. The average molecular weight is 243 g/mol. The van der Waals surface area contributed by atoms with Crippen molar-refractivity contribution in [1.82, 2.24) is 0 Å². The van der Waals surface area contributed by atoms with Crippen LogP contribution >= 0.6 is 31.3 Å². The van der Waals surface area contributed by atoms with Crippen LogP contribution < -0.4 is 0 Å². The van der Waals surface area contributed by atoms with E-state index in [1.165, 1.54) is 0 Å². The molecule has 0 aromatic carbocycles. The first-order valence-electron chi connectivity index (χ1n) is 4.22. The second-order valence-electron chi connectivity index (χ2n) is 5.16. The SMILES string of the molecule is CC(C)(C)p1p(Cl)p1C(C)(C)C. The lowest BCUT2D eigenvalue weighted by Gasteiger charge is -2.17. The van der Waals surface area contributed by atoms with E-state index in [4.69, 9.17) is 11.2 Å². The Bertz CT molecular complexity index is 238. The Labute approximate surface area is 83.3 Å². The summed E-state index contributed by atoms with van der Waals surface area (Å²) in [6.45, 7) is 14.5. The van der Waals surface area contributed by atoms with Gasteiger partial charge in [0.25, 0.3) is 0 Å². The van der Waals surface area contributed by atoms with Gasteiger partial charge >= 0.3 is 0 Å². The van der Waals surface area contributed by atoms with Gasteiger partial charge in [0.15, 0.2) is 0 Å². The molecule has 12 heavy (non-hydrogen) atoms. The second-order valence-corrected chi connectivity index (χ2v) is 22.0. The zero-order valence-corrected chi connectivity index (χ0v) is 12.2. The molecule has 1 heterocycles. The quantitative estimate of drug-likeness (QED) is 0.511. The van der Waals surface area contributed by atoms with Crippen molar-refractivity contribution in [3.8, 4) is 0 Å². The topological polar surface area (TPSA) is 0 Å². The summed E-state index contributed by atoms with van der Waals surface area (Å²) in [7, 11) is 0. The van der Waals surface area contributed by atoms with Crippen LogP contribution in [-0.2, 0) is 10.3 Å². The van der Waals surface area contributed by atoms with Gasteiger partial charge in [-0.25, -0.2) is 0 Å². The van der Waals surface area contributed by atoms with E-state index in [0.29, 0.717) is 10.3 Å². The van der Waals surface area contributed by atoms with Gasteiger partial charge in [-0.2, -0.15) is 0 Å². The first-order valence-corrected chi connectivity index (χ1v) is 11.3. The lowest BCUT2D eigenvalue weighted by molar-refractivity contribution is 0.715. The molecule has 2 atom stereocenters. The van der Waals surface area contributed by atoms with Crippen molar-refractivity contribution < 1.29 is 0 Å². The number of halogens is 1. The van der Waals surface area contributed by atoms with Crippen LogP contribution in [0.3, 0.4) is 0 Å². The summed E-state index contributed by atoms with van der Waals surface area (Å²) >= 11 is 6.41. The highest BCUT2D eigenvalue weighted by molar-refractivity contribution is 8.79. The van der Waals surface area contributed by atoms with E-state index in [-0.39, 0.29) is 20.0 Å². The molecule has 0 bridgehead atoms. The standard InChI is InChI=1S/C8H18ClP3/c1-7(2,3)10-11(12(10)9)8(4,5)6/h1-6H3. The molecule has 1 rings (SSSR count). The minimum Gasteiger partial charge on any atom is -0.0537 e. The third-order valence-corrected chi connectivity index (χ3v) is 26.0. The highest BCUT2D eigenvalue weighted by Crippen LogP contribution is 2.98. The molecule has 0 amide bonds. The van der Waals surface area contributed by atoms with Crippen LogP contribution in [0.5, 0.6) is 0 Å². The van der Waals surface area contributed by atoms with Gasteiger partial charge in [0.1, 0.15) is 0 Å². The summed E-state index contributed by atoms with van der Waals surface area (Å²) < 4.78 is 0. The van der Waals surface area contributed by atoms with E-state index in [1.54, 1.807) is 0 Å². The van der Waals surface area contributed by atoms with Gasteiger partial charge in [-0.15, -0.1) is 0 Å². The molecule has 1 aromatic heterocycles. The number of rotatable bonds is 0. The van der Waals surface area contributed by atoms with Crippen LogP contribution in [-0.4, -0.2) is 0 Å². The van der Waals surface area contributed by atoms with Gasteiger partial charge in [0.2, 0.25) is 0 Å². The second kappa shape index (κ2) is 3.10. The van der Waals surface area contributed by atoms with Crippen molar-refractivity contribution in [2.45, 2.75) is 51.9 Å². The molecule has 0 N–H and O–H groups in total. The van der Waals surface area contributed by atoms with E-state index >= 15 is 0 Å². The molecule has 0 aliphatic carbocycles. The predicted octanol–water partition coefficient (Wildman–Crippen LogP) is 6.16. The van der Waals surface area contributed by atoms with Crippen molar-refractivity contribution in [2.24, 2.45) is 0 Å². The first kappa shape index (κ1) is 11.3. The molecule has 72 valence electrons. The molecule has 0 saturated carbocycles. The third-order valence-electron chi connectivity index (χ3n) is 1.66. The fourth-order valence-electron chi connectivity index (χ4n) is 1.17. The molecule has 0 radical (unpaired) electrons. The van der Waals surface area contributed by atoms with Crippen molar-refractivity contribution in [2.75, 3.05) is 0 Å². The largest absolute Gasteiger partial charge is 0.0537 e. The van der Waals surface area contributed by atoms with Crippen molar-refractivity contribution in [3.05, 3.63) is 0 Å². The lowest BCUT2D eigenvalue weighted by atomic mass is 10.3. The lowest BCUT2D eigenvalue weighted by Crippen LogP contribution is -1.99. The van der Waals surface area contributed by atoms with E-state index in [1.807, 2.05) is 0 Å². The molecule has 0 aliphatic rings. The molecular weight excluding hydrogens is 224 g/mol. The zero-order valence-electron chi connectivity index (χ0n) is 8.72. The molecule has 2 unspecified atom stereocenters. The number of hydrogen-bond donors (Lipinski definition) is 0. The summed E-state index contributed by atoms with van der Waals surface area (Å²) in [6.07, 6.45) is -0.0715. The molecule has 0 saturated heterocycles. The fourth-order valence-corrected chi connectivity index (χ4v) is 33.6. The Hall–Kier alpha value is 1.19. The molecule has 1 aromatic rings. The van der Waals surface area contributed by atoms with Gasteiger partial charge in [-0.3, -0.25) is 0 Å². The van der Waals surface area contributed by atoms with Gasteiger partial charge in [0, 0.05) is 16.6 Å². The Morgan fingerprint density at radius 2 is 1.00 bits per heavy atom. The maximum atomic E-state index is 6.41. The molecular formula is C8H18ClP3. The summed E-state index contributed by atoms with van der Waals surface area (Å²) in [5, 5.41) is 1.00. The minimum atomic E-state index is -0.0715. The molecule has 4 heteroatoms. The van der Waals surface area contributed by atoms with E-state index < -0.39 is 0 Å². The van der Waals surface area contributed by atoms with Gasteiger partial charge < -0.3 is 0 Å². The fraction of sp³-hybridized carbons (Fsp3) is 1.00. The maximum Gasteiger partial charge on any atom is 0.0190 e. The highest BCUT2D eigenvalue weighted by Gasteiger charge is 2.37. The average Bonchev–Trinajstić information content (AvgIpc) is 2.35. The highest BCUT2D eigenvalue weighted by atomic mass is 35.7. The summed E-state index contributed by atoms with van der Waals surface area (Å²) in [4.78, 5) is 0. The number of hydrogen-bond acceptors (Lipinski definition) is 0. The zero-order chi connectivity index (χ0) is 9.73. The predicted molar refractivity (Wildman–Crippen MR) is 65.8 cm³/mol. The molecule has 0 aliphatic heterocycles. The Balaban J connectivity index is 2.95. The summed E-state index contributed by atoms with van der Waals surface area (Å²) in [6, 6.07) is 0. The van der Waals surface area contributed by atoms with E-state index in [2.05, 4.69) is 41.5 Å². The first-order chi connectivity index (χ1) is 5.15. The third kappa shape index (κ3) is 2.16. The van der Waals surface area contributed by atoms with Crippen molar-refractivity contribution in [3.63, 3.8) is 0 Å². The van der Waals surface area contributed by atoms with Crippen LogP contribution in [0.15, 0.2) is 0 Å². The van der Waals surface area contributed by atoms with Crippen LogP contribution in [0.25, 0.3) is 0 Å². The monoisotopic (exact) mass is 242 g/mol. The molecule has 0 spiro atoms. The van der Waals surface area contributed by atoms with Crippen LogP contribution in [0.2, 0.25) is 0 Å². The van der Waals surface area contributed by atoms with Gasteiger partial charge in [-0.1, -0.05) is 66.6 Å². The van der Waals surface area contributed by atoms with Crippen LogP contribution in [0, 0.1) is 0 Å². The summed E-state index contributed by atoms with van der Waals surface area (Å²) in [5.74, 6) is 0. The Morgan fingerprint density at radius 3 is 1.08 bits per heavy atom.